The van der Waals surface area contributed by atoms with Gasteiger partial charge in [0.1, 0.15) is 18.1 Å². The second-order valence-electron chi connectivity index (χ2n) is 7.75. The Kier molecular flexibility index (Phi) is 8.05. The number of hydrogen-bond acceptors (Lipinski definition) is 8. The van der Waals surface area contributed by atoms with Gasteiger partial charge in [0.25, 0.3) is 5.89 Å². The summed E-state index contributed by atoms with van der Waals surface area (Å²) in [7, 11) is 1.56. The highest BCUT2D eigenvalue weighted by molar-refractivity contribution is 5.73. The number of aryl methyl sites for hydroxylation is 1. The van der Waals surface area contributed by atoms with Crippen molar-refractivity contribution in [3.63, 3.8) is 0 Å². The van der Waals surface area contributed by atoms with Gasteiger partial charge >= 0.3 is 5.97 Å². The van der Waals surface area contributed by atoms with E-state index >= 15 is 0 Å². The molecule has 9 heteroatoms. The van der Waals surface area contributed by atoms with Gasteiger partial charge in [-0.3, -0.25) is 15.1 Å². The van der Waals surface area contributed by atoms with E-state index in [1.807, 2.05) is 49.4 Å². The molecule has 0 radical (unpaired) electrons. The molecule has 0 amide bonds. The molecular weight excluding hydrogens is 464 g/mol. The maximum atomic E-state index is 11.0. The lowest BCUT2D eigenvalue weighted by Gasteiger charge is -2.14. The van der Waals surface area contributed by atoms with Crippen molar-refractivity contribution in [3.05, 3.63) is 95.6 Å². The number of carboxylic acids is 1. The quantitative estimate of drug-likeness (QED) is 0.253. The van der Waals surface area contributed by atoms with Crippen LogP contribution >= 0.6 is 0 Å². The number of carboxylic acid groups (broad SMARTS) is 1. The number of aliphatic carboxylic acids is 1. The third kappa shape index (κ3) is 6.34. The van der Waals surface area contributed by atoms with Gasteiger partial charge in [0.05, 0.1) is 32.1 Å². The molecule has 0 saturated heterocycles. The third-order valence-electron chi connectivity index (χ3n) is 5.20. The number of nitrogens with one attached hydrogen (secondary N) is 1. The molecule has 186 valence electrons. The zero-order valence-corrected chi connectivity index (χ0v) is 19.9. The van der Waals surface area contributed by atoms with Crippen molar-refractivity contribution in [1.29, 1.82) is 0 Å². The fourth-order valence-electron chi connectivity index (χ4n) is 3.36. The monoisotopic (exact) mass is 490 g/mol. The van der Waals surface area contributed by atoms with Gasteiger partial charge in [-0.15, -0.1) is 0 Å². The summed E-state index contributed by atoms with van der Waals surface area (Å²) in [4.78, 5) is 21.1. The van der Waals surface area contributed by atoms with Gasteiger partial charge in [0, 0.05) is 0 Å². The van der Waals surface area contributed by atoms with Gasteiger partial charge in [-0.25, -0.2) is 4.98 Å². The van der Waals surface area contributed by atoms with Crippen molar-refractivity contribution in [3.8, 4) is 23.1 Å². The molecule has 2 N–H and O–H groups in total. The van der Waals surface area contributed by atoms with Crippen LogP contribution < -0.4 is 15.0 Å². The van der Waals surface area contributed by atoms with Gasteiger partial charge in [0.15, 0.2) is 17.3 Å². The highest BCUT2D eigenvalue weighted by Crippen LogP contribution is 2.30. The minimum atomic E-state index is -0.927. The summed E-state index contributed by atoms with van der Waals surface area (Å²) < 4.78 is 22.4. The fourth-order valence-corrected chi connectivity index (χ4v) is 3.36. The predicted octanol–water partition coefficient (Wildman–Crippen LogP) is 5.37. The lowest BCUT2D eigenvalue weighted by atomic mass is 10.1. The van der Waals surface area contributed by atoms with Crippen LogP contribution in [0.4, 0.5) is 0 Å². The third-order valence-corrected chi connectivity index (χ3v) is 5.20. The molecule has 0 aliphatic rings. The summed E-state index contributed by atoms with van der Waals surface area (Å²) in [5.41, 5.74) is 5.73. The Balaban J connectivity index is 1.37. The number of aromatic nitrogens is 1. The van der Waals surface area contributed by atoms with E-state index in [9.17, 15) is 4.79 Å². The number of benzene rings is 2. The summed E-state index contributed by atoms with van der Waals surface area (Å²) in [6.07, 6.45) is 3.00. The van der Waals surface area contributed by atoms with Crippen molar-refractivity contribution in [2.24, 2.45) is 0 Å². The summed E-state index contributed by atoms with van der Waals surface area (Å²) in [5, 5.41) is 9.02. The van der Waals surface area contributed by atoms with E-state index in [1.54, 1.807) is 37.6 Å². The Morgan fingerprint density at radius 1 is 1.08 bits per heavy atom. The number of hydroxylamine groups is 1. The Morgan fingerprint density at radius 3 is 2.64 bits per heavy atom. The van der Waals surface area contributed by atoms with Crippen LogP contribution in [0.3, 0.4) is 0 Å². The molecule has 2 aromatic carbocycles. The van der Waals surface area contributed by atoms with E-state index in [0.717, 1.165) is 11.1 Å². The molecule has 0 bridgehead atoms. The number of methoxy groups -OCH3 is 1. The SMILES string of the molecule is COc1cc(CONC(=CCC(=O)O)c2ccccc2)ccc1OCc1nc(-c2ccco2)oc1C. The molecule has 0 saturated carbocycles. The van der Waals surface area contributed by atoms with Crippen molar-refractivity contribution in [1.82, 2.24) is 10.5 Å². The molecule has 0 aliphatic carbocycles. The standard InChI is InChI=1S/C27H26N2O7/c1-18-22(28-27(36-18)24-9-6-14-33-24)17-34-23-12-10-19(15-25(23)32-2)16-35-29-21(11-13-26(30)31)20-7-4-3-5-8-20/h3-12,14-15,29H,13,16-17H2,1-2H3,(H,30,31). The summed E-state index contributed by atoms with van der Waals surface area (Å²) in [6.45, 7) is 2.22. The molecule has 0 aliphatic heterocycles. The van der Waals surface area contributed by atoms with E-state index in [0.29, 0.717) is 40.3 Å². The van der Waals surface area contributed by atoms with E-state index in [-0.39, 0.29) is 19.6 Å². The van der Waals surface area contributed by atoms with E-state index in [1.165, 1.54) is 0 Å². The van der Waals surface area contributed by atoms with E-state index < -0.39 is 5.97 Å². The second-order valence-corrected chi connectivity index (χ2v) is 7.75. The molecule has 4 aromatic rings. The molecule has 36 heavy (non-hydrogen) atoms. The lowest BCUT2D eigenvalue weighted by Crippen LogP contribution is -2.14. The van der Waals surface area contributed by atoms with Crippen LogP contribution in [-0.4, -0.2) is 23.2 Å². The smallest absolute Gasteiger partial charge is 0.307 e. The minimum absolute atomic E-state index is 0.131. The zero-order chi connectivity index (χ0) is 25.3. The maximum Gasteiger partial charge on any atom is 0.307 e. The van der Waals surface area contributed by atoms with Crippen LogP contribution in [0.1, 0.15) is 29.0 Å². The van der Waals surface area contributed by atoms with Crippen LogP contribution in [-0.2, 0) is 22.8 Å². The Hall–Kier alpha value is -4.50. The van der Waals surface area contributed by atoms with Crippen LogP contribution in [0, 0.1) is 6.92 Å². The number of carbonyl (C=O) groups is 1. The van der Waals surface area contributed by atoms with Crippen LogP contribution in [0.15, 0.2) is 81.8 Å². The molecule has 0 spiro atoms. The van der Waals surface area contributed by atoms with Crippen LogP contribution in [0.2, 0.25) is 0 Å². The average molecular weight is 491 g/mol. The molecule has 4 rings (SSSR count). The first kappa shape index (κ1) is 24.6. The minimum Gasteiger partial charge on any atom is -0.493 e. The molecule has 9 nitrogen and oxygen atoms in total. The van der Waals surface area contributed by atoms with Gasteiger partial charge in [-0.2, -0.15) is 0 Å². The van der Waals surface area contributed by atoms with Gasteiger partial charge in [0.2, 0.25) is 0 Å². The summed E-state index contributed by atoms with van der Waals surface area (Å²) in [6, 6.07) is 18.4. The number of rotatable bonds is 12. The normalized spacial score (nSPS) is 11.3. The van der Waals surface area contributed by atoms with Gasteiger partial charge in [-0.05, 0) is 48.4 Å². The topological polar surface area (TPSA) is 116 Å². The number of furan rings is 1. The first-order valence-corrected chi connectivity index (χ1v) is 11.2. The number of oxazole rings is 1. The Labute approximate surface area is 207 Å². The first-order valence-electron chi connectivity index (χ1n) is 11.2. The molecule has 2 aromatic heterocycles. The summed E-state index contributed by atoms with van der Waals surface area (Å²) >= 11 is 0. The maximum absolute atomic E-state index is 11.0. The number of nitrogens with zero attached hydrogens (tertiary/aromatic N) is 1. The highest BCUT2D eigenvalue weighted by Gasteiger charge is 2.15. The van der Waals surface area contributed by atoms with E-state index in [2.05, 4.69) is 10.5 Å². The van der Waals surface area contributed by atoms with Gasteiger partial charge < -0.3 is 23.4 Å². The fraction of sp³-hybridized carbons (Fsp3) is 0.185. The average Bonchev–Trinajstić information content (AvgIpc) is 3.55. The number of ether oxygens (including phenoxy) is 2. The zero-order valence-electron chi connectivity index (χ0n) is 19.9. The van der Waals surface area contributed by atoms with Crippen molar-refractivity contribution >= 4 is 11.7 Å². The molecule has 0 atom stereocenters. The molecule has 0 unspecified atom stereocenters. The van der Waals surface area contributed by atoms with Crippen molar-refractivity contribution < 1.29 is 33.0 Å². The van der Waals surface area contributed by atoms with Crippen molar-refractivity contribution in [2.75, 3.05) is 7.11 Å². The molecule has 0 fully saturated rings. The Bertz CT molecular complexity index is 1310. The van der Waals surface area contributed by atoms with Gasteiger partial charge in [-0.1, -0.05) is 36.4 Å². The largest absolute Gasteiger partial charge is 0.493 e. The lowest BCUT2D eigenvalue weighted by molar-refractivity contribution is -0.136. The molecule has 2 heterocycles. The van der Waals surface area contributed by atoms with Crippen LogP contribution in [0.25, 0.3) is 17.3 Å². The van der Waals surface area contributed by atoms with E-state index in [4.69, 9.17) is 28.3 Å². The first-order chi connectivity index (χ1) is 17.5. The Morgan fingerprint density at radius 2 is 1.92 bits per heavy atom. The number of hydrogen-bond donors (Lipinski definition) is 2. The summed E-state index contributed by atoms with van der Waals surface area (Å²) in [5.74, 6) is 1.74. The predicted molar refractivity (Wildman–Crippen MR) is 131 cm³/mol. The second kappa shape index (κ2) is 11.8. The van der Waals surface area contributed by atoms with Crippen molar-refractivity contribution in [2.45, 2.75) is 26.6 Å². The highest BCUT2D eigenvalue weighted by atomic mass is 16.6. The van der Waals surface area contributed by atoms with Crippen LogP contribution in [0.5, 0.6) is 11.5 Å². The molecular formula is C27H26N2O7.